The molecule has 1 aromatic heterocycles. The van der Waals surface area contributed by atoms with Crippen LogP contribution in [-0.2, 0) is 4.79 Å². The molecule has 0 spiro atoms. The second-order valence-electron chi connectivity index (χ2n) is 5.14. The second-order valence-corrected chi connectivity index (χ2v) is 9.39. The lowest BCUT2D eigenvalue weighted by Gasteiger charge is -2.33. The van der Waals surface area contributed by atoms with Gasteiger partial charge in [-0.15, -0.1) is 12.4 Å². The molecule has 0 bridgehead atoms. The summed E-state index contributed by atoms with van der Waals surface area (Å²) in [6.45, 7) is 9.13. The average Bonchev–Trinajstić information content (AvgIpc) is 2.87. The Balaban J connectivity index is 0.00000400. The van der Waals surface area contributed by atoms with E-state index in [-0.39, 0.29) is 28.3 Å². The van der Waals surface area contributed by atoms with Gasteiger partial charge in [-0.2, -0.15) is 0 Å². The summed E-state index contributed by atoms with van der Waals surface area (Å²) < 4.78 is 5.58. The Morgan fingerprint density at radius 2 is 2.19 bits per heavy atom. The molecule has 0 radical (unpaired) electrons. The van der Waals surface area contributed by atoms with Gasteiger partial charge < -0.3 is 9.73 Å². The smallest absolute Gasteiger partial charge is 0.197 e. The average molecular weight is 370 g/mol. The van der Waals surface area contributed by atoms with E-state index >= 15 is 0 Å². The highest BCUT2D eigenvalue weighted by molar-refractivity contribution is 9.12. The Morgan fingerprint density at radius 1 is 1.48 bits per heavy atom. The number of hydrogen-bond acceptors (Lipinski definition) is 6. The number of rotatable bonds is 9. The molecule has 1 heterocycles. The Hall–Kier alpha value is 0.250. The van der Waals surface area contributed by atoms with Crippen molar-refractivity contribution in [3.05, 3.63) is 24.2 Å². The third kappa shape index (κ3) is 7.88. The minimum atomic E-state index is -0.0952. The van der Waals surface area contributed by atoms with Crippen molar-refractivity contribution in [1.82, 2.24) is 5.32 Å². The van der Waals surface area contributed by atoms with Gasteiger partial charge >= 0.3 is 0 Å². The predicted octanol–water partition coefficient (Wildman–Crippen LogP) is 5.49. The zero-order chi connectivity index (χ0) is 15.0. The molecule has 21 heavy (non-hydrogen) atoms. The van der Waals surface area contributed by atoms with Crippen molar-refractivity contribution in [2.24, 2.45) is 0 Å². The molecule has 0 aliphatic rings. The minimum Gasteiger partial charge on any atom is -0.468 e. The predicted molar refractivity (Wildman–Crippen MR) is 99.1 cm³/mol. The van der Waals surface area contributed by atoms with Crippen molar-refractivity contribution in [2.45, 2.75) is 51.3 Å². The van der Waals surface area contributed by atoms with Crippen molar-refractivity contribution < 1.29 is 9.21 Å². The number of halogens is 1. The molecular weight excluding hydrogens is 346 g/mol. The summed E-state index contributed by atoms with van der Waals surface area (Å²) in [5.41, 5.74) is -0.0952. The second kappa shape index (κ2) is 10.9. The van der Waals surface area contributed by atoms with Crippen LogP contribution < -0.4 is 5.32 Å². The zero-order valence-electron chi connectivity index (χ0n) is 12.9. The molecule has 1 atom stereocenters. The molecule has 1 N–H and O–H groups in total. The summed E-state index contributed by atoms with van der Waals surface area (Å²) in [7, 11) is 4.47. The van der Waals surface area contributed by atoms with Gasteiger partial charge in [-0.1, -0.05) is 24.1 Å². The van der Waals surface area contributed by atoms with Gasteiger partial charge in [0, 0.05) is 12.5 Å². The number of carbonyl (C=O) groups excluding carboxylic acids is 1. The quantitative estimate of drug-likeness (QED) is 0.458. The fourth-order valence-electron chi connectivity index (χ4n) is 1.75. The van der Waals surface area contributed by atoms with Crippen LogP contribution in [0.15, 0.2) is 22.8 Å². The highest BCUT2D eigenvalue weighted by atomic mass is 35.5. The molecular formula is C14H24ClNO2S3. The van der Waals surface area contributed by atoms with Crippen molar-refractivity contribution in [3.8, 4) is 0 Å². The molecule has 122 valence electrons. The first-order valence-electron chi connectivity index (χ1n) is 6.76. The van der Waals surface area contributed by atoms with Crippen LogP contribution in [0.1, 0.15) is 51.5 Å². The number of carbonyl (C=O) groups is 1. The number of furan rings is 1. The third-order valence-corrected chi connectivity index (χ3v) is 7.29. The lowest BCUT2D eigenvalue weighted by Crippen LogP contribution is -2.43. The number of unbranched alkanes of at least 4 members (excludes halogenated alkanes) is 1. The molecule has 7 heteroatoms. The Kier molecular flexibility index (Phi) is 11.0. The topological polar surface area (TPSA) is 42.2 Å². The van der Waals surface area contributed by atoms with Gasteiger partial charge in [-0.3, -0.25) is 4.79 Å². The van der Waals surface area contributed by atoms with Crippen LogP contribution in [-0.4, -0.2) is 17.2 Å². The first kappa shape index (κ1) is 21.2. The zero-order valence-corrected chi connectivity index (χ0v) is 16.1. The molecule has 0 saturated carbocycles. The van der Waals surface area contributed by atoms with E-state index in [0.29, 0.717) is 0 Å². The van der Waals surface area contributed by atoms with Crippen molar-refractivity contribution in [3.63, 3.8) is 0 Å². The molecule has 1 unspecified atom stereocenters. The summed E-state index contributed by atoms with van der Waals surface area (Å²) in [6.07, 6.45) is 4.04. The van der Waals surface area contributed by atoms with Gasteiger partial charge in [0.1, 0.15) is 5.76 Å². The van der Waals surface area contributed by atoms with E-state index in [9.17, 15) is 4.79 Å². The molecule has 3 nitrogen and oxygen atoms in total. The van der Waals surface area contributed by atoms with Crippen LogP contribution in [0.3, 0.4) is 0 Å². The standard InChI is InChI=1S/C14H23NO2S3.ClH/c1-5-6-9-15-14(3,4)13(12-8-7-10-17-12)19-20-18-11(2)16;/h7-8,10,13,15H,5-6,9H2,1-4H3;1H. The van der Waals surface area contributed by atoms with Crippen LogP contribution in [0.2, 0.25) is 0 Å². The fraction of sp³-hybridized carbons (Fsp3) is 0.643. The van der Waals surface area contributed by atoms with Gasteiger partial charge in [0.05, 0.1) is 11.5 Å². The van der Waals surface area contributed by atoms with Crippen molar-refractivity contribution >= 4 is 48.9 Å². The third-order valence-electron chi connectivity index (χ3n) is 2.85. The first-order chi connectivity index (χ1) is 9.47. The molecule has 0 aromatic carbocycles. The normalized spacial score (nSPS) is 12.8. The molecule has 1 rings (SSSR count). The first-order valence-corrected chi connectivity index (χ1v) is 10.3. The van der Waals surface area contributed by atoms with Crippen LogP contribution in [0.25, 0.3) is 0 Å². The van der Waals surface area contributed by atoms with Crippen LogP contribution in [0.4, 0.5) is 0 Å². The summed E-state index contributed by atoms with van der Waals surface area (Å²) in [4.78, 5) is 11.1. The monoisotopic (exact) mass is 369 g/mol. The largest absolute Gasteiger partial charge is 0.468 e. The molecule has 0 amide bonds. The summed E-state index contributed by atoms with van der Waals surface area (Å²) >= 11 is 0. The maximum atomic E-state index is 11.1. The Labute approximate surface area is 145 Å². The van der Waals surface area contributed by atoms with E-state index in [4.69, 9.17) is 4.42 Å². The molecule has 1 aromatic rings. The van der Waals surface area contributed by atoms with Crippen LogP contribution in [0.5, 0.6) is 0 Å². The van der Waals surface area contributed by atoms with Crippen molar-refractivity contribution in [1.29, 1.82) is 0 Å². The van der Waals surface area contributed by atoms with Crippen LogP contribution in [0, 0.1) is 0 Å². The maximum absolute atomic E-state index is 11.1. The van der Waals surface area contributed by atoms with E-state index in [1.807, 2.05) is 12.1 Å². The summed E-state index contributed by atoms with van der Waals surface area (Å²) in [5.74, 6) is 0.945. The van der Waals surface area contributed by atoms with E-state index in [0.717, 1.165) is 18.7 Å². The summed E-state index contributed by atoms with van der Waals surface area (Å²) in [5, 5.41) is 3.88. The summed E-state index contributed by atoms with van der Waals surface area (Å²) in [6, 6.07) is 3.91. The molecule has 0 saturated heterocycles. The molecule has 0 aliphatic heterocycles. The van der Waals surface area contributed by atoms with E-state index < -0.39 is 0 Å². The van der Waals surface area contributed by atoms with E-state index in [2.05, 4.69) is 26.1 Å². The van der Waals surface area contributed by atoms with E-state index in [1.165, 1.54) is 27.0 Å². The Morgan fingerprint density at radius 3 is 2.71 bits per heavy atom. The van der Waals surface area contributed by atoms with E-state index in [1.54, 1.807) is 24.0 Å². The SMILES string of the molecule is CCCCNC(C)(C)C(SSSC(C)=O)c1ccco1.Cl. The molecule has 0 fully saturated rings. The van der Waals surface area contributed by atoms with Gasteiger partial charge in [0.25, 0.3) is 0 Å². The number of nitrogens with one attached hydrogen (secondary N) is 1. The van der Waals surface area contributed by atoms with Gasteiger partial charge in [-0.05, 0) is 59.6 Å². The van der Waals surface area contributed by atoms with Gasteiger partial charge in [0.15, 0.2) is 5.12 Å². The highest BCUT2D eigenvalue weighted by Crippen LogP contribution is 2.49. The lowest BCUT2D eigenvalue weighted by molar-refractivity contribution is -0.109. The maximum Gasteiger partial charge on any atom is 0.197 e. The van der Waals surface area contributed by atoms with Gasteiger partial charge in [0.2, 0.25) is 0 Å². The van der Waals surface area contributed by atoms with Crippen molar-refractivity contribution in [2.75, 3.05) is 6.54 Å². The minimum absolute atomic E-state index is 0. The highest BCUT2D eigenvalue weighted by Gasteiger charge is 2.33. The lowest BCUT2D eigenvalue weighted by atomic mass is 9.98. The fourth-order valence-corrected chi connectivity index (χ4v) is 6.09. The van der Waals surface area contributed by atoms with Crippen LogP contribution >= 0.6 is 43.8 Å². The number of hydrogen-bond donors (Lipinski definition) is 1. The van der Waals surface area contributed by atoms with Gasteiger partial charge in [-0.25, -0.2) is 0 Å². The molecule has 0 aliphatic carbocycles. The Bertz CT molecular complexity index is 399.